The van der Waals surface area contributed by atoms with E-state index in [0.29, 0.717) is 0 Å². The normalized spacial score (nSPS) is 17.6. The van der Waals surface area contributed by atoms with Gasteiger partial charge in [0.25, 0.3) is 5.91 Å². The van der Waals surface area contributed by atoms with E-state index in [-0.39, 0.29) is 11.9 Å². The van der Waals surface area contributed by atoms with Crippen LogP contribution in [0.5, 0.6) is 0 Å². The molecule has 1 aromatic carbocycles. The highest BCUT2D eigenvalue weighted by molar-refractivity contribution is 5.90. The number of nitrogens with zero attached hydrogens (tertiary/aromatic N) is 1. The maximum absolute atomic E-state index is 12.5. The van der Waals surface area contributed by atoms with E-state index in [1.54, 1.807) is 0 Å². The molecule has 1 amide bonds. The fourth-order valence-corrected chi connectivity index (χ4v) is 2.76. The summed E-state index contributed by atoms with van der Waals surface area (Å²) in [5.41, 5.74) is 7.38. The number of benzene rings is 1. The minimum atomic E-state index is -0.277. The molecule has 0 saturated heterocycles. The van der Waals surface area contributed by atoms with Crippen LogP contribution in [0.4, 0.5) is 0 Å². The first kappa shape index (κ1) is 12.9. The molecule has 1 unspecified atom stereocenters. The topological polar surface area (TPSA) is 46.1 Å². The molecule has 2 heterocycles. The van der Waals surface area contributed by atoms with E-state index in [9.17, 15) is 4.79 Å². The van der Waals surface area contributed by atoms with Gasteiger partial charge in [0.15, 0.2) is 0 Å². The van der Waals surface area contributed by atoms with E-state index in [1.807, 2.05) is 48.9 Å². The van der Waals surface area contributed by atoms with Gasteiger partial charge in [0.05, 0.1) is 0 Å². The Labute approximate surface area is 118 Å². The summed E-state index contributed by atoms with van der Waals surface area (Å²) in [5, 5.41) is 3.30. The maximum Gasteiger partial charge on any atom is 0.260 e. The monoisotopic (exact) mass is 269 g/mol. The first-order valence-corrected chi connectivity index (χ1v) is 6.94. The van der Waals surface area contributed by atoms with Gasteiger partial charge >= 0.3 is 0 Å². The van der Waals surface area contributed by atoms with Crippen LogP contribution in [-0.2, 0) is 11.2 Å². The summed E-state index contributed by atoms with van der Waals surface area (Å²) in [6, 6.07) is 11.9. The summed E-state index contributed by atoms with van der Waals surface area (Å²) < 4.78 is 1.83. The number of hydrogen-bond acceptors (Lipinski definition) is 2. The van der Waals surface area contributed by atoms with E-state index in [1.165, 1.54) is 5.56 Å². The van der Waals surface area contributed by atoms with Crippen LogP contribution in [0, 0.1) is 13.8 Å². The second kappa shape index (κ2) is 5.13. The molecule has 3 rings (SSSR count). The van der Waals surface area contributed by atoms with E-state index >= 15 is 0 Å². The Morgan fingerprint density at radius 2 is 1.90 bits per heavy atom. The highest BCUT2D eigenvalue weighted by atomic mass is 16.2. The minimum Gasteiger partial charge on any atom is -0.302 e. The van der Waals surface area contributed by atoms with Crippen LogP contribution in [0.1, 0.15) is 28.6 Å². The molecule has 104 valence electrons. The van der Waals surface area contributed by atoms with Crippen LogP contribution < -0.4 is 10.7 Å². The van der Waals surface area contributed by atoms with Crippen LogP contribution in [0.3, 0.4) is 0 Å². The van der Waals surface area contributed by atoms with Crippen molar-refractivity contribution >= 4 is 5.91 Å². The van der Waals surface area contributed by atoms with E-state index in [0.717, 1.165) is 29.9 Å². The van der Waals surface area contributed by atoms with Crippen molar-refractivity contribution in [2.45, 2.75) is 26.3 Å². The van der Waals surface area contributed by atoms with Gasteiger partial charge in [-0.25, -0.2) is 0 Å². The number of aryl methyl sites for hydroxylation is 2. The summed E-state index contributed by atoms with van der Waals surface area (Å²) in [4.78, 5) is 12.5. The summed E-state index contributed by atoms with van der Waals surface area (Å²) in [7, 11) is 0. The lowest BCUT2D eigenvalue weighted by Gasteiger charge is -2.26. The zero-order valence-corrected chi connectivity index (χ0v) is 11.8. The Morgan fingerprint density at radius 1 is 1.20 bits per heavy atom. The van der Waals surface area contributed by atoms with Crippen molar-refractivity contribution in [2.75, 3.05) is 12.0 Å². The molecule has 20 heavy (non-hydrogen) atoms. The van der Waals surface area contributed by atoms with Crippen LogP contribution in [0.15, 0.2) is 36.4 Å². The van der Waals surface area contributed by atoms with Crippen molar-refractivity contribution in [1.82, 2.24) is 9.99 Å². The smallest absolute Gasteiger partial charge is 0.260 e. The lowest BCUT2D eigenvalue weighted by molar-refractivity contribution is -0.119. The van der Waals surface area contributed by atoms with Crippen LogP contribution in [0.2, 0.25) is 0 Å². The number of aromatic nitrogens is 1. The fraction of sp³-hybridized carbons (Fsp3) is 0.312. The van der Waals surface area contributed by atoms with Crippen molar-refractivity contribution < 1.29 is 4.79 Å². The maximum atomic E-state index is 12.5. The van der Waals surface area contributed by atoms with Crippen molar-refractivity contribution in [3.63, 3.8) is 0 Å². The predicted octanol–water partition coefficient (Wildman–Crippen LogP) is 2.06. The quantitative estimate of drug-likeness (QED) is 0.876. The van der Waals surface area contributed by atoms with Gasteiger partial charge in [0, 0.05) is 17.9 Å². The molecule has 4 heteroatoms. The van der Waals surface area contributed by atoms with E-state index in [4.69, 9.17) is 0 Å². The molecule has 0 fully saturated rings. The molecular weight excluding hydrogens is 250 g/mol. The Bertz CT molecular complexity index is 625. The molecule has 4 nitrogen and oxygen atoms in total. The summed E-state index contributed by atoms with van der Waals surface area (Å²) in [6.07, 6.45) is 0.974. The predicted molar refractivity (Wildman–Crippen MR) is 79.2 cm³/mol. The lowest BCUT2D eigenvalue weighted by Crippen LogP contribution is -2.40. The number of carbonyl (C=O) groups is 1. The van der Waals surface area contributed by atoms with Crippen molar-refractivity contribution in [2.24, 2.45) is 0 Å². The summed E-state index contributed by atoms with van der Waals surface area (Å²) >= 11 is 0. The second-order valence-corrected chi connectivity index (χ2v) is 5.26. The van der Waals surface area contributed by atoms with Crippen molar-refractivity contribution in [3.05, 3.63) is 58.9 Å². The third-order valence-electron chi connectivity index (χ3n) is 3.86. The molecule has 2 N–H and O–H groups in total. The fourth-order valence-electron chi connectivity index (χ4n) is 2.76. The molecule has 1 aliphatic rings. The molecule has 1 atom stereocenters. The number of carbonyl (C=O) groups excluding carboxylic acids is 1. The highest BCUT2D eigenvalue weighted by Crippen LogP contribution is 2.23. The molecule has 0 radical (unpaired) electrons. The standard InChI is InChI=1S/C16H19N3O/c1-11-7-8-12(2)19(11)18-16(20)15-14-6-4-3-5-13(14)9-10-17-15/h3-8,15,17H,9-10H2,1-2H3,(H,18,20). The first-order chi connectivity index (χ1) is 9.66. The largest absolute Gasteiger partial charge is 0.302 e. The second-order valence-electron chi connectivity index (χ2n) is 5.26. The van der Waals surface area contributed by atoms with Gasteiger partial charge in [-0.3, -0.25) is 14.9 Å². The van der Waals surface area contributed by atoms with Gasteiger partial charge < -0.3 is 5.32 Å². The molecule has 2 aromatic rings. The number of nitrogens with one attached hydrogen (secondary N) is 2. The molecule has 0 spiro atoms. The molecule has 1 aliphatic heterocycles. The van der Waals surface area contributed by atoms with Gasteiger partial charge in [-0.15, -0.1) is 0 Å². The number of rotatable bonds is 2. The first-order valence-electron chi connectivity index (χ1n) is 6.94. The van der Waals surface area contributed by atoms with Crippen LogP contribution >= 0.6 is 0 Å². The highest BCUT2D eigenvalue weighted by Gasteiger charge is 2.26. The Kier molecular flexibility index (Phi) is 3.32. The van der Waals surface area contributed by atoms with Gasteiger partial charge in [-0.05, 0) is 43.5 Å². The van der Waals surface area contributed by atoms with Gasteiger partial charge in [-0.2, -0.15) is 0 Å². The lowest BCUT2D eigenvalue weighted by atomic mass is 9.94. The number of hydrogen-bond donors (Lipinski definition) is 2. The van der Waals surface area contributed by atoms with E-state index < -0.39 is 0 Å². The zero-order chi connectivity index (χ0) is 14.1. The summed E-state index contributed by atoms with van der Waals surface area (Å²) in [6.45, 7) is 4.80. The molecule has 0 aliphatic carbocycles. The zero-order valence-electron chi connectivity index (χ0n) is 11.8. The molecule has 1 aromatic heterocycles. The third-order valence-corrected chi connectivity index (χ3v) is 3.86. The van der Waals surface area contributed by atoms with Gasteiger partial charge in [0.1, 0.15) is 6.04 Å². The average Bonchev–Trinajstić information content (AvgIpc) is 2.78. The number of amides is 1. The number of fused-ring (bicyclic) bond motifs is 1. The van der Waals surface area contributed by atoms with Crippen molar-refractivity contribution in [3.8, 4) is 0 Å². The Hall–Kier alpha value is -2.07. The van der Waals surface area contributed by atoms with Gasteiger partial charge in [0.2, 0.25) is 0 Å². The Balaban J connectivity index is 1.86. The summed E-state index contributed by atoms with van der Waals surface area (Å²) in [5.74, 6) is -0.0143. The van der Waals surface area contributed by atoms with Crippen LogP contribution in [0.25, 0.3) is 0 Å². The molecule has 0 saturated carbocycles. The Morgan fingerprint density at radius 3 is 2.65 bits per heavy atom. The van der Waals surface area contributed by atoms with E-state index in [2.05, 4.69) is 16.8 Å². The van der Waals surface area contributed by atoms with Gasteiger partial charge in [-0.1, -0.05) is 24.3 Å². The minimum absolute atomic E-state index is 0.0143. The van der Waals surface area contributed by atoms with Crippen molar-refractivity contribution in [1.29, 1.82) is 0 Å². The third kappa shape index (κ3) is 2.23. The average molecular weight is 269 g/mol. The SMILES string of the molecule is Cc1ccc(C)n1NC(=O)C1NCCc2ccccc21. The van der Waals surface area contributed by atoms with Crippen LogP contribution in [-0.4, -0.2) is 17.1 Å². The molecular formula is C16H19N3O. The molecule has 0 bridgehead atoms.